The molecule has 0 aliphatic heterocycles. The summed E-state index contributed by atoms with van der Waals surface area (Å²) < 4.78 is 46.4. The Morgan fingerprint density at radius 3 is 2.48 bits per heavy atom. The second-order valence-electron chi connectivity index (χ2n) is 6.90. The van der Waals surface area contributed by atoms with Gasteiger partial charge in [-0.25, -0.2) is 0 Å². The molecule has 1 aromatic heterocycles. The number of hydrogen-bond acceptors (Lipinski definition) is 3. The average Bonchev–Trinajstić information content (AvgIpc) is 3.04. The zero-order valence-electron chi connectivity index (χ0n) is 17.4. The molecule has 1 heterocycles. The molecule has 0 saturated heterocycles. The summed E-state index contributed by atoms with van der Waals surface area (Å²) >= 11 is 0. The van der Waals surface area contributed by atoms with Gasteiger partial charge in [-0.2, -0.15) is 18.3 Å². The van der Waals surface area contributed by atoms with E-state index >= 15 is 0 Å². The molecular weight excluding hydrogens is 383 g/mol. The Labute approximate surface area is 169 Å². The van der Waals surface area contributed by atoms with Crippen LogP contribution in [0.1, 0.15) is 42.7 Å². The first-order chi connectivity index (χ1) is 13.6. The van der Waals surface area contributed by atoms with Gasteiger partial charge >= 0.3 is 6.18 Å². The molecule has 0 saturated carbocycles. The zero-order chi connectivity index (χ0) is 21.6. The lowest BCUT2D eigenvalue weighted by atomic mass is 10.1. The quantitative estimate of drug-likeness (QED) is 0.538. The van der Waals surface area contributed by atoms with Crippen LogP contribution in [0.5, 0.6) is 5.75 Å². The van der Waals surface area contributed by atoms with Gasteiger partial charge in [-0.15, -0.1) is 0 Å². The van der Waals surface area contributed by atoms with Crippen molar-refractivity contribution in [3.63, 3.8) is 0 Å². The van der Waals surface area contributed by atoms with Gasteiger partial charge in [0, 0.05) is 44.5 Å². The molecule has 0 aliphatic rings. The maximum absolute atomic E-state index is 13.1. The van der Waals surface area contributed by atoms with Crippen LogP contribution in [0.3, 0.4) is 0 Å². The van der Waals surface area contributed by atoms with E-state index in [1.807, 2.05) is 32.0 Å². The maximum Gasteiger partial charge on any atom is 0.435 e. The van der Waals surface area contributed by atoms with Crippen LogP contribution in [-0.2, 0) is 26.3 Å². The third kappa shape index (κ3) is 6.40. The van der Waals surface area contributed by atoms with E-state index in [1.54, 1.807) is 7.05 Å². The van der Waals surface area contributed by atoms with Crippen LogP contribution in [0.15, 0.2) is 29.4 Å². The van der Waals surface area contributed by atoms with Crippen molar-refractivity contribution in [2.24, 2.45) is 12.0 Å². The molecule has 160 valence electrons. The maximum atomic E-state index is 13.1. The largest absolute Gasteiger partial charge is 0.490 e. The summed E-state index contributed by atoms with van der Waals surface area (Å²) in [5.41, 5.74) is 1.19. The molecule has 9 heteroatoms. The van der Waals surface area contributed by atoms with Crippen molar-refractivity contribution in [2.75, 3.05) is 7.05 Å². The summed E-state index contributed by atoms with van der Waals surface area (Å²) in [6.07, 6.45) is -2.18. The number of aliphatic imine (C=N–C) groups is 1. The van der Waals surface area contributed by atoms with Gasteiger partial charge in [-0.3, -0.25) is 9.67 Å². The lowest BCUT2D eigenvalue weighted by Crippen LogP contribution is -2.36. The molecule has 2 aromatic rings. The Morgan fingerprint density at radius 2 is 1.90 bits per heavy atom. The average molecular weight is 411 g/mol. The molecule has 1 aromatic carbocycles. The first-order valence-corrected chi connectivity index (χ1v) is 9.44. The summed E-state index contributed by atoms with van der Waals surface area (Å²) in [7, 11) is 3.02. The van der Waals surface area contributed by atoms with E-state index in [4.69, 9.17) is 4.74 Å². The number of benzene rings is 1. The molecule has 0 amide bonds. The Hall–Kier alpha value is -2.71. The van der Waals surface area contributed by atoms with Crippen LogP contribution < -0.4 is 15.4 Å². The molecule has 0 spiro atoms. The number of aromatic nitrogens is 2. The third-order valence-electron chi connectivity index (χ3n) is 4.41. The van der Waals surface area contributed by atoms with Crippen molar-refractivity contribution in [1.82, 2.24) is 20.4 Å². The normalized spacial score (nSPS) is 13.3. The molecule has 0 aliphatic carbocycles. The molecular formula is C20H28F3N5O. The number of aryl methyl sites for hydroxylation is 2. The van der Waals surface area contributed by atoms with Gasteiger partial charge in [0.2, 0.25) is 0 Å². The highest BCUT2D eigenvalue weighted by Crippen LogP contribution is 2.30. The Bertz CT molecular complexity index is 845. The fourth-order valence-electron chi connectivity index (χ4n) is 2.70. The van der Waals surface area contributed by atoms with Gasteiger partial charge in [-0.05, 0) is 31.9 Å². The molecule has 6 nitrogen and oxygen atoms in total. The number of nitrogens with zero attached hydrogens (tertiary/aromatic N) is 3. The lowest BCUT2D eigenvalue weighted by molar-refractivity contribution is -0.142. The van der Waals surface area contributed by atoms with Crippen LogP contribution in [0.2, 0.25) is 0 Å². The first-order valence-electron chi connectivity index (χ1n) is 9.44. The summed E-state index contributed by atoms with van der Waals surface area (Å²) in [6.45, 7) is 6.43. The minimum absolute atomic E-state index is 0.0491. The van der Waals surface area contributed by atoms with Crippen LogP contribution >= 0.6 is 0 Å². The number of hydrogen-bond donors (Lipinski definition) is 2. The molecule has 0 bridgehead atoms. The number of nitrogens with one attached hydrogen (secondary N) is 2. The summed E-state index contributed by atoms with van der Waals surface area (Å²) in [4.78, 5) is 4.09. The molecule has 2 rings (SSSR count). The van der Waals surface area contributed by atoms with Crippen molar-refractivity contribution < 1.29 is 17.9 Å². The van der Waals surface area contributed by atoms with Crippen LogP contribution in [0, 0.1) is 6.92 Å². The fraction of sp³-hybridized carbons (Fsp3) is 0.500. The highest BCUT2D eigenvalue weighted by atomic mass is 19.4. The Morgan fingerprint density at radius 1 is 1.24 bits per heavy atom. The van der Waals surface area contributed by atoms with Crippen LogP contribution in [0.25, 0.3) is 0 Å². The summed E-state index contributed by atoms with van der Waals surface area (Å²) in [5, 5.41) is 9.54. The molecule has 0 fully saturated rings. The van der Waals surface area contributed by atoms with Crippen molar-refractivity contribution in [3.8, 4) is 5.75 Å². The van der Waals surface area contributed by atoms with E-state index in [9.17, 15) is 13.2 Å². The van der Waals surface area contributed by atoms with Gasteiger partial charge in [0.25, 0.3) is 0 Å². The first kappa shape index (κ1) is 22.6. The van der Waals surface area contributed by atoms with Crippen molar-refractivity contribution >= 4 is 5.96 Å². The van der Waals surface area contributed by atoms with E-state index in [0.29, 0.717) is 12.5 Å². The van der Waals surface area contributed by atoms with Gasteiger partial charge in [0.1, 0.15) is 5.75 Å². The number of ether oxygens (including phenoxy) is 1. The van der Waals surface area contributed by atoms with E-state index < -0.39 is 11.9 Å². The van der Waals surface area contributed by atoms with Gasteiger partial charge < -0.3 is 15.4 Å². The van der Waals surface area contributed by atoms with Crippen LogP contribution in [0.4, 0.5) is 13.2 Å². The van der Waals surface area contributed by atoms with Gasteiger partial charge in [0.15, 0.2) is 11.7 Å². The highest BCUT2D eigenvalue weighted by molar-refractivity contribution is 5.79. The minimum atomic E-state index is -4.50. The van der Waals surface area contributed by atoms with E-state index in [1.165, 1.54) is 13.2 Å². The number of guanidine groups is 1. The monoisotopic (exact) mass is 411 g/mol. The Kier molecular flexibility index (Phi) is 7.53. The molecule has 1 atom stereocenters. The predicted molar refractivity (Wildman–Crippen MR) is 107 cm³/mol. The zero-order valence-corrected chi connectivity index (χ0v) is 17.4. The molecule has 1 unspecified atom stereocenters. The standard InChI is InChI=1S/C20H28F3N5O/c1-6-14(3)29-17-9-13(2)7-8-15(17)10-25-19(24-4)26-11-16-12-28(5)27-18(16)20(21,22)23/h7-9,12,14H,6,10-11H2,1-5H3,(H2,24,25,26). The minimum Gasteiger partial charge on any atom is -0.490 e. The van der Waals surface area contributed by atoms with E-state index in [2.05, 4.69) is 27.6 Å². The Balaban J connectivity index is 2.04. The lowest BCUT2D eigenvalue weighted by Gasteiger charge is -2.18. The second-order valence-corrected chi connectivity index (χ2v) is 6.90. The topological polar surface area (TPSA) is 63.5 Å². The van der Waals surface area contributed by atoms with Crippen molar-refractivity contribution in [1.29, 1.82) is 0 Å². The molecule has 29 heavy (non-hydrogen) atoms. The van der Waals surface area contributed by atoms with Crippen molar-refractivity contribution in [2.45, 2.75) is 52.6 Å². The van der Waals surface area contributed by atoms with E-state index in [0.717, 1.165) is 28.0 Å². The summed E-state index contributed by atoms with van der Waals surface area (Å²) in [5.74, 6) is 1.17. The molecule has 2 N–H and O–H groups in total. The summed E-state index contributed by atoms with van der Waals surface area (Å²) in [6, 6.07) is 5.93. The smallest absolute Gasteiger partial charge is 0.435 e. The predicted octanol–water partition coefficient (Wildman–Crippen LogP) is 3.79. The van der Waals surface area contributed by atoms with E-state index in [-0.39, 0.29) is 18.2 Å². The highest BCUT2D eigenvalue weighted by Gasteiger charge is 2.36. The third-order valence-corrected chi connectivity index (χ3v) is 4.41. The van der Waals surface area contributed by atoms with Crippen molar-refractivity contribution in [3.05, 3.63) is 46.8 Å². The number of rotatable bonds is 7. The number of alkyl halides is 3. The SMILES string of the molecule is CCC(C)Oc1cc(C)ccc1CNC(=NC)NCc1cn(C)nc1C(F)(F)F. The van der Waals surface area contributed by atoms with Gasteiger partial charge in [0.05, 0.1) is 6.10 Å². The van der Waals surface area contributed by atoms with Gasteiger partial charge in [-0.1, -0.05) is 19.1 Å². The fourth-order valence-corrected chi connectivity index (χ4v) is 2.70. The number of halogens is 3. The van der Waals surface area contributed by atoms with Crippen LogP contribution in [-0.4, -0.2) is 28.9 Å². The second kappa shape index (κ2) is 9.67. The molecule has 0 radical (unpaired) electrons.